The minimum Gasteiger partial charge on any atom is -0.494 e. The van der Waals surface area contributed by atoms with Crippen LogP contribution in [0.3, 0.4) is 0 Å². The number of hydrogen-bond acceptors (Lipinski definition) is 5. The lowest BCUT2D eigenvalue weighted by atomic mass is 10.0. The van der Waals surface area contributed by atoms with Gasteiger partial charge in [-0.05, 0) is 64.8 Å². The van der Waals surface area contributed by atoms with Crippen molar-refractivity contribution in [3.05, 3.63) is 29.8 Å². The molecule has 2 N–H and O–H groups in total. The molecular formula is C21H31N3O5. The maximum absolute atomic E-state index is 12.6. The minimum atomic E-state index is -0.622. The summed E-state index contributed by atoms with van der Waals surface area (Å²) in [5.41, 5.74) is 0.0148. The van der Waals surface area contributed by atoms with Gasteiger partial charge in [0.2, 0.25) is 5.91 Å². The Hall–Kier alpha value is -2.77. The molecule has 0 atom stereocenters. The number of benzene rings is 1. The van der Waals surface area contributed by atoms with Crippen LogP contribution in [0.25, 0.3) is 0 Å². The lowest BCUT2D eigenvalue weighted by Gasteiger charge is -2.32. The first-order chi connectivity index (χ1) is 13.7. The number of rotatable bonds is 6. The molecule has 0 saturated carbocycles. The number of piperidine rings is 1. The van der Waals surface area contributed by atoms with Crippen molar-refractivity contribution in [1.82, 2.24) is 15.5 Å². The Balaban J connectivity index is 1.73. The van der Waals surface area contributed by atoms with Gasteiger partial charge in [0.1, 0.15) is 17.9 Å². The number of carbonyl (C=O) groups excluding carboxylic acids is 3. The lowest BCUT2D eigenvalue weighted by Crippen LogP contribution is -2.49. The Kier molecular flexibility index (Phi) is 7.87. The third kappa shape index (κ3) is 7.63. The highest BCUT2D eigenvalue weighted by Crippen LogP contribution is 2.17. The molecule has 3 amide bonds. The van der Waals surface area contributed by atoms with Crippen LogP contribution in [0.15, 0.2) is 24.3 Å². The van der Waals surface area contributed by atoms with E-state index in [2.05, 4.69) is 10.6 Å². The van der Waals surface area contributed by atoms with Crippen LogP contribution >= 0.6 is 0 Å². The van der Waals surface area contributed by atoms with E-state index in [0.29, 0.717) is 38.1 Å². The van der Waals surface area contributed by atoms with E-state index in [4.69, 9.17) is 9.47 Å². The number of hydrogen-bond donors (Lipinski definition) is 2. The van der Waals surface area contributed by atoms with Gasteiger partial charge in [0.05, 0.1) is 6.61 Å². The molecule has 8 nitrogen and oxygen atoms in total. The summed E-state index contributed by atoms with van der Waals surface area (Å²) in [6.45, 7) is 8.77. The fourth-order valence-electron chi connectivity index (χ4n) is 3.02. The number of likely N-dealkylation sites (tertiary alicyclic amines) is 1. The Morgan fingerprint density at radius 2 is 1.72 bits per heavy atom. The summed E-state index contributed by atoms with van der Waals surface area (Å²) in [5.74, 6) is 0.446. The highest BCUT2D eigenvalue weighted by Gasteiger charge is 2.25. The van der Waals surface area contributed by atoms with Gasteiger partial charge in [-0.15, -0.1) is 0 Å². The predicted molar refractivity (Wildman–Crippen MR) is 109 cm³/mol. The summed E-state index contributed by atoms with van der Waals surface area (Å²) >= 11 is 0. The van der Waals surface area contributed by atoms with Crippen LogP contribution in [0.2, 0.25) is 0 Å². The van der Waals surface area contributed by atoms with Crippen molar-refractivity contribution in [3.63, 3.8) is 0 Å². The maximum Gasteiger partial charge on any atom is 0.408 e. The zero-order chi connectivity index (χ0) is 21.4. The number of ether oxygens (including phenoxy) is 2. The van der Waals surface area contributed by atoms with Gasteiger partial charge in [0, 0.05) is 24.7 Å². The second-order valence-corrected chi connectivity index (χ2v) is 7.95. The predicted octanol–water partition coefficient (Wildman–Crippen LogP) is 2.33. The van der Waals surface area contributed by atoms with Crippen molar-refractivity contribution in [2.75, 3.05) is 26.2 Å². The smallest absolute Gasteiger partial charge is 0.408 e. The molecule has 0 bridgehead atoms. The first-order valence-corrected chi connectivity index (χ1v) is 9.96. The van der Waals surface area contributed by atoms with Crippen LogP contribution in [0, 0.1) is 0 Å². The number of alkyl carbamates (subject to hydrolysis) is 1. The van der Waals surface area contributed by atoms with Gasteiger partial charge in [0.25, 0.3) is 5.91 Å². The summed E-state index contributed by atoms with van der Waals surface area (Å²) < 4.78 is 10.5. The largest absolute Gasteiger partial charge is 0.494 e. The van der Waals surface area contributed by atoms with Crippen LogP contribution < -0.4 is 15.4 Å². The van der Waals surface area contributed by atoms with Crippen LogP contribution in [-0.2, 0) is 9.53 Å². The molecule has 1 aromatic carbocycles. The molecule has 1 aliphatic heterocycles. The molecule has 0 aliphatic carbocycles. The van der Waals surface area contributed by atoms with Crippen molar-refractivity contribution in [3.8, 4) is 5.75 Å². The van der Waals surface area contributed by atoms with Gasteiger partial charge in [-0.2, -0.15) is 0 Å². The van der Waals surface area contributed by atoms with Crippen molar-refractivity contribution in [2.45, 2.75) is 52.2 Å². The number of nitrogens with zero attached hydrogens (tertiary/aromatic N) is 1. The van der Waals surface area contributed by atoms with Gasteiger partial charge in [-0.25, -0.2) is 4.79 Å². The summed E-state index contributed by atoms with van der Waals surface area (Å²) in [6, 6.07) is 7.10. The fraction of sp³-hybridized carbons (Fsp3) is 0.571. The van der Waals surface area contributed by atoms with Gasteiger partial charge in [-0.1, -0.05) is 0 Å². The Morgan fingerprint density at radius 1 is 1.10 bits per heavy atom. The number of amides is 3. The maximum atomic E-state index is 12.6. The minimum absolute atomic E-state index is 0.0210. The Bertz CT molecular complexity index is 704. The second-order valence-electron chi connectivity index (χ2n) is 7.95. The average Bonchev–Trinajstić information content (AvgIpc) is 2.66. The zero-order valence-corrected chi connectivity index (χ0v) is 17.6. The number of carbonyl (C=O) groups is 3. The van der Waals surface area contributed by atoms with Crippen molar-refractivity contribution in [2.24, 2.45) is 0 Å². The number of nitrogens with one attached hydrogen (secondary N) is 2. The van der Waals surface area contributed by atoms with E-state index in [1.54, 1.807) is 49.9 Å². The molecule has 0 unspecified atom stereocenters. The van der Waals surface area contributed by atoms with E-state index < -0.39 is 11.7 Å². The van der Waals surface area contributed by atoms with E-state index in [0.717, 1.165) is 5.75 Å². The Labute approximate surface area is 171 Å². The topological polar surface area (TPSA) is 97.0 Å². The third-order valence-electron chi connectivity index (χ3n) is 4.35. The normalized spacial score (nSPS) is 14.8. The summed E-state index contributed by atoms with van der Waals surface area (Å²) in [7, 11) is 0. The molecule has 2 rings (SSSR count). The molecule has 160 valence electrons. The summed E-state index contributed by atoms with van der Waals surface area (Å²) in [4.78, 5) is 38.0. The van der Waals surface area contributed by atoms with E-state index in [-0.39, 0.29) is 24.4 Å². The van der Waals surface area contributed by atoms with Crippen molar-refractivity contribution >= 4 is 17.9 Å². The molecule has 1 fully saturated rings. The van der Waals surface area contributed by atoms with E-state index in [9.17, 15) is 14.4 Å². The molecule has 1 aromatic rings. The molecule has 29 heavy (non-hydrogen) atoms. The van der Waals surface area contributed by atoms with Gasteiger partial charge in [0.15, 0.2) is 0 Å². The molecule has 1 heterocycles. The molecule has 0 aromatic heterocycles. The van der Waals surface area contributed by atoms with Gasteiger partial charge in [-0.3, -0.25) is 9.59 Å². The van der Waals surface area contributed by atoms with Crippen LogP contribution in [0.5, 0.6) is 5.75 Å². The summed E-state index contributed by atoms with van der Waals surface area (Å²) in [6.07, 6.45) is 0.713. The van der Waals surface area contributed by atoms with Crippen LogP contribution in [0.4, 0.5) is 4.79 Å². The quantitative estimate of drug-likeness (QED) is 0.757. The van der Waals surface area contributed by atoms with Crippen molar-refractivity contribution in [1.29, 1.82) is 0 Å². The first-order valence-electron chi connectivity index (χ1n) is 9.96. The standard InChI is InChI=1S/C21H31N3O5/c1-5-28-17-8-6-15(7-9-17)19(26)24-12-10-16(11-13-24)23-18(25)14-22-20(27)29-21(2,3)4/h6-9,16H,5,10-14H2,1-4H3,(H,22,27)(H,23,25). The fourth-order valence-corrected chi connectivity index (χ4v) is 3.02. The highest BCUT2D eigenvalue weighted by atomic mass is 16.6. The Morgan fingerprint density at radius 3 is 2.28 bits per heavy atom. The second kappa shape index (κ2) is 10.1. The molecular weight excluding hydrogens is 374 g/mol. The van der Waals surface area contributed by atoms with E-state index >= 15 is 0 Å². The van der Waals surface area contributed by atoms with E-state index in [1.165, 1.54) is 0 Å². The molecule has 1 saturated heterocycles. The molecule has 1 aliphatic rings. The molecule has 0 radical (unpaired) electrons. The highest BCUT2D eigenvalue weighted by molar-refractivity contribution is 5.94. The monoisotopic (exact) mass is 405 g/mol. The lowest BCUT2D eigenvalue weighted by molar-refractivity contribution is -0.121. The zero-order valence-electron chi connectivity index (χ0n) is 17.6. The summed E-state index contributed by atoms with van der Waals surface area (Å²) in [5, 5.41) is 5.34. The third-order valence-corrected chi connectivity index (χ3v) is 4.35. The van der Waals surface area contributed by atoms with Crippen LogP contribution in [0.1, 0.15) is 50.9 Å². The molecule has 0 spiro atoms. The molecule has 8 heteroatoms. The van der Waals surface area contributed by atoms with Gasteiger partial charge >= 0.3 is 6.09 Å². The van der Waals surface area contributed by atoms with Gasteiger partial charge < -0.3 is 25.0 Å². The SMILES string of the molecule is CCOc1ccc(C(=O)N2CCC(NC(=O)CNC(=O)OC(C)(C)C)CC2)cc1. The first kappa shape index (κ1) is 22.5. The average molecular weight is 405 g/mol. The van der Waals surface area contributed by atoms with E-state index in [1.807, 2.05) is 6.92 Å². The van der Waals surface area contributed by atoms with Crippen LogP contribution in [-0.4, -0.2) is 60.7 Å². The van der Waals surface area contributed by atoms with Crippen molar-refractivity contribution < 1.29 is 23.9 Å².